The van der Waals surface area contributed by atoms with Gasteiger partial charge in [0.2, 0.25) is 0 Å². The highest BCUT2D eigenvalue weighted by molar-refractivity contribution is 8.00. The molecule has 6 heteroatoms. The first-order valence-corrected chi connectivity index (χ1v) is 9.00. The van der Waals surface area contributed by atoms with Gasteiger partial charge in [-0.3, -0.25) is 4.79 Å². The van der Waals surface area contributed by atoms with Crippen LogP contribution < -0.4 is 5.32 Å². The van der Waals surface area contributed by atoms with Crippen LogP contribution in [0.25, 0.3) is 5.82 Å². The summed E-state index contributed by atoms with van der Waals surface area (Å²) >= 11 is 2.11. The fraction of sp³-hybridized carbons (Fsp3) is 0.471. The van der Waals surface area contributed by atoms with Crippen LogP contribution in [0.3, 0.4) is 0 Å². The predicted octanol–water partition coefficient (Wildman–Crippen LogP) is 2.81. The standard InChI is InChI=1S/C17H20N4OS/c1-17(10-13-3-4-14(11-17)23-13)20-16(22)12-5-7-18-15(9-12)21-8-2-6-19-21/h2,5-9,13-14H,3-4,10-11H2,1H3,(H,20,22). The second-order valence-corrected chi connectivity index (χ2v) is 8.34. The Balaban J connectivity index is 1.52. The van der Waals surface area contributed by atoms with E-state index in [-0.39, 0.29) is 11.4 Å². The topological polar surface area (TPSA) is 59.8 Å². The number of thioether (sulfide) groups is 1. The van der Waals surface area contributed by atoms with Crippen molar-refractivity contribution in [1.29, 1.82) is 0 Å². The average Bonchev–Trinajstić information content (AvgIpc) is 3.17. The number of nitrogens with zero attached hydrogens (tertiary/aromatic N) is 3. The molecule has 4 rings (SSSR count). The number of aromatic nitrogens is 3. The number of amides is 1. The van der Waals surface area contributed by atoms with Crippen LogP contribution in [0.5, 0.6) is 0 Å². The van der Waals surface area contributed by atoms with Crippen LogP contribution in [0.1, 0.15) is 43.0 Å². The summed E-state index contributed by atoms with van der Waals surface area (Å²) in [7, 11) is 0. The lowest BCUT2D eigenvalue weighted by Crippen LogP contribution is -2.50. The van der Waals surface area contributed by atoms with Crippen molar-refractivity contribution in [2.24, 2.45) is 0 Å². The molecule has 2 aromatic rings. The molecular formula is C17H20N4OS. The number of hydrogen-bond acceptors (Lipinski definition) is 4. The van der Waals surface area contributed by atoms with E-state index in [1.807, 2.05) is 12.3 Å². The van der Waals surface area contributed by atoms with E-state index >= 15 is 0 Å². The van der Waals surface area contributed by atoms with Crippen molar-refractivity contribution >= 4 is 17.7 Å². The lowest BCUT2D eigenvalue weighted by Gasteiger charge is -2.38. The van der Waals surface area contributed by atoms with Crippen LogP contribution in [-0.4, -0.2) is 36.7 Å². The molecular weight excluding hydrogens is 308 g/mol. The second kappa shape index (κ2) is 5.67. The summed E-state index contributed by atoms with van der Waals surface area (Å²) in [6, 6.07) is 5.39. The molecule has 0 radical (unpaired) electrons. The van der Waals surface area contributed by atoms with Crippen LogP contribution in [0.15, 0.2) is 36.8 Å². The van der Waals surface area contributed by atoms with E-state index in [1.165, 1.54) is 12.8 Å². The van der Waals surface area contributed by atoms with Gasteiger partial charge in [0.25, 0.3) is 5.91 Å². The van der Waals surface area contributed by atoms with Crippen LogP contribution >= 0.6 is 11.8 Å². The number of carbonyl (C=O) groups excluding carboxylic acids is 1. The third-order valence-electron chi connectivity index (χ3n) is 4.71. The molecule has 1 amide bonds. The van der Waals surface area contributed by atoms with E-state index in [0.717, 1.165) is 12.8 Å². The normalized spacial score (nSPS) is 29.4. The number of nitrogens with one attached hydrogen (secondary N) is 1. The highest BCUT2D eigenvalue weighted by Crippen LogP contribution is 2.47. The molecule has 2 atom stereocenters. The SMILES string of the molecule is CC1(NC(=O)c2ccnc(-n3cccn3)c2)CC2CCC(C1)S2. The minimum Gasteiger partial charge on any atom is -0.347 e. The van der Waals surface area contributed by atoms with Crippen molar-refractivity contribution in [3.63, 3.8) is 0 Å². The molecule has 2 aliphatic rings. The summed E-state index contributed by atoms with van der Waals surface area (Å²) in [5, 5.41) is 8.85. The largest absolute Gasteiger partial charge is 0.347 e. The number of pyridine rings is 1. The minimum atomic E-state index is -0.0939. The predicted molar refractivity (Wildman–Crippen MR) is 90.9 cm³/mol. The van der Waals surface area contributed by atoms with E-state index in [4.69, 9.17) is 0 Å². The molecule has 0 spiro atoms. The van der Waals surface area contributed by atoms with Crippen LogP contribution in [0.4, 0.5) is 0 Å². The van der Waals surface area contributed by atoms with Crippen molar-refractivity contribution < 1.29 is 4.79 Å². The number of fused-ring (bicyclic) bond motifs is 2. The lowest BCUT2D eigenvalue weighted by atomic mass is 9.91. The zero-order valence-electron chi connectivity index (χ0n) is 13.1. The molecule has 5 nitrogen and oxygen atoms in total. The molecule has 0 saturated carbocycles. The maximum Gasteiger partial charge on any atom is 0.251 e. The number of carbonyl (C=O) groups is 1. The van der Waals surface area contributed by atoms with E-state index in [2.05, 4.69) is 34.1 Å². The molecule has 2 fully saturated rings. The average molecular weight is 328 g/mol. The Kier molecular flexibility index (Phi) is 3.64. The van der Waals surface area contributed by atoms with Gasteiger partial charge in [0.05, 0.1) is 0 Å². The summed E-state index contributed by atoms with van der Waals surface area (Å²) in [6.07, 6.45) is 9.90. The molecule has 0 aliphatic carbocycles. The molecule has 2 saturated heterocycles. The van der Waals surface area contributed by atoms with E-state index < -0.39 is 0 Å². The maximum atomic E-state index is 12.7. The van der Waals surface area contributed by atoms with Gasteiger partial charge < -0.3 is 5.32 Å². The summed E-state index contributed by atoms with van der Waals surface area (Å²) in [5.41, 5.74) is 0.542. The van der Waals surface area contributed by atoms with Gasteiger partial charge in [-0.2, -0.15) is 16.9 Å². The zero-order valence-corrected chi connectivity index (χ0v) is 13.9. The van der Waals surface area contributed by atoms with Gasteiger partial charge in [-0.1, -0.05) is 0 Å². The quantitative estimate of drug-likeness (QED) is 0.941. The highest BCUT2D eigenvalue weighted by Gasteiger charge is 2.42. The van der Waals surface area contributed by atoms with Gasteiger partial charge in [0.15, 0.2) is 5.82 Å². The maximum absolute atomic E-state index is 12.7. The zero-order chi connectivity index (χ0) is 15.9. The Bertz CT molecular complexity index is 703. The van der Waals surface area contributed by atoms with Crippen molar-refractivity contribution in [3.8, 4) is 5.82 Å². The van der Waals surface area contributed by atoms with Gasteiger partial charge in [0.1, 0.15) is 0 Å². The van der Waals surface area contributed by atoms with Crippen molar-refractivity contribution in [2.45, 2.75) is 48.6 Å². The summed E-state index contributed by atoms with van der Waals surface area (Å²) in [6.45, 7) is 2.19. The summed E-state index contributed by atoms with van der Waals surface area (Å²) < 4.78 is 1.66. The fourth-order valence-corrected chi connectivity index (χ4v) is 5.72. The number of hydrogen-bond donors (Lipinski definition) is 1. The smallest absolute Gasteiger partial charge is 0.251 e. The van der Waals surface area contributed by atoms with Crippen LogP contribution in [0, 0.1) is 0 Å². The molecule has 2 aromatic heterocycles. The molecule has 23 heavy (non-hydrogen) atoms. The van der Waals surface area contributed by atoms with Gasteiger partial charge in [0, 0.05) is 40.2 Å². The monoisotopic (exact) mass is 328 g/mol. The first-order chi connectivity index (χ1) is 11.1. The van der Waals surface area contributed by atoms with E-state index in [9.17, 15) is 4.79 Å². The van der Waals surface area contributed by atoms with Crippen molar-refractivity contribution in [3.05, 3.63) is 42.4 Å². The Morgan fingerprint density at radius 1 is 1.35 bits per heavy atom. The van der Waals surface area contributed by atoms with Crippen molar-refractivity contribution in [1.82, 2.24) is 20.1 Å². The summed E-state index contributed by atoms with van der Waals surface area (Å²) in [5.74, 6) is 0.640. The van der Waals surface area contributed by atoms with Crippen molar-refractivity contribution in [2.75, 3.05) is 0 Å². The highest BCUT2D eigenvalue weighted by atomic mass is 32.2. The Morgan fingerprint density at radius 3 is 2.83 bits per heavy atom. The Morgan fingerprint density at radius 2 is 2.13 bits per heavy atom. The van der Waals surface area contributed by atoms with E-state index in [1.54, 1.807) is 29.2 Å². The molecule has 2 unspecified atom stereocenters. The minimum absolute atomic E-state index is 0.0189. The first-order valence-electron chi connectivity index (χ1n) is 8.05. The second-order valence-electron chi connectivity index (χ2n) is 6.73. The summed E-state index contributed by atoms with van der Waals surface area (Å²) in [4.78, 5) is 17.0. The fourth-order valence-electron chi connectivity index (χ4n) is 3.71. The van der Waals surface area contributed by atoms with Crippen LogP contribution in [0.2, 0.25) is 0 Å². The Labute approximate surface area is 139 Å². The molecule has 2 aliphatic heterocycles. The molecule has 2 bridgehead atoms. The van der Waals surface area contributed by atoms with Gasteiger partial charge >= 0.3 is 0 Å². The number of rotatable bonds is 3. The molecule has 4 heterocycles. The third-order valence-corrected chi connectivity index (χ3v) is 6.29. The van der Waals surface area contributed by atoms with E-state index in [0.29, 0.717) is 21.9 Å². The van der Waals surface area contributed by atoms with Crippen LogP contribution in [-0.2, 0) is 0 Å². The van der Waals surface area contributed by atoms with Gasteiger partial charge in [-0.05, 0) is 50.8 Å². The van der Waals surface area contributed by atoms with Gasteiger partial charge in [-0.15, -0.1) is 0 Å². The third kappa shape index (κ3) is 3.00. The molecule has 0 aromatic carbocycles. The Hall–Kier alpha value is -1.82. The molecule has 1 N–H and O–H groups in total. The molecule has 120 valence electrons. The first kappa shape index (κ1) is 14.8. The lowest BCUT2D eigenvalue weighted by molar-refractivity contribution is 0.0896. The van der Waals surface area contributed by atoms with Gasteiger partial charge in [-0.25, -0.2) is 9.67 Å².